The molecule has 0 saturated carbocycles. The van der Waals surface area contributed by atoms with Crippen molar-refractivity contribution in [3.8, 4) is 22.5 Å². The van der Waals surface area contributed by atoms with E-state index in [1.165, 1.54) is 47.8 Å². The van der Waals surface area contributed by atoms with E-state index in [4.69, 9.17) is 18.9 Å². The van der Waals surface area contributed by atoms with Crippen molar-refractivity contribution in [1.82, 2.24) is 41.9 Å². The molecule has 30 heteroatoms. The van der Waals surface area contributed by atoms with E-state index in [0.717, 1.165) is 25.0 Å². The highest BCUT2D eigenvalue weighted by molar-refractivity contribution is 7.99. The van der Waals surface area contributed by atoms with E-state index in [0.29, 0.717) is 45.5 Å². The lowest BCUT2D eigenvalue weighted by Crippen LogP contribution is -2.68. The molecule has 28 nitrogen and oxygen atoms in total. The highest BCUT2D eigenvalue weighted by atomic mass is 32.2. The minimum absolute atomic E-state index is 0.189. The fourth-order valence-corrected chi connectivity index (χ4v) is 11.8. The van der Waals surface area contributed by atoms with E-state index >= 15 is 0 Å². The minimum Gasteiger partial charge on any atom is -0.477 e. The van der Waals surface area contributed by atoms with Gasteiger partial charge in [0.1, 0.15) is 24.4 Å². The molecule has 2 aliphatic rings. The summed E-state index contributed by atoms with van der Waals surface area (Å²) < 4.78 is 23.1. The number of nitrogens with one attached hydrogen (secondary N) is 6. The number of aromatic nitrogens is 2. The number of hydrogen-bond donors (Lipinski definition) is 14. The van der Waals surface area contributed by atoms with E-state index in [1.807, 2.05) is 12.1 Å². The maximum Gasteiger partial charge on any atom is 0.364 e. The number of thioether (sulfide) groups is 2. The number of carboxylic acids is 2. The third kappa shape index (κ3) is 20.5. The molecule has 0 radical (unpaired) electrons. The number of nitrogens with zero attached hydrogens (tertiary/aromatic N) is 2. The summed E-state index contributed by atoms with van der Waals surface area (Å²) in [5.74, 6) is -9.74. The summed E-state index contributed by atoms with van der Waals surface area (Å²) in [7, 11) is 0. The molecule has 2 aromatic heterocycles. The lowest BCUT2D eigenvalue weighted by molar-refractivity contribution is -0.310. The summed E-state index contributed by atoms with van der Waals surface area (Å²) in [5.41, 5.74) is 3.97. The molecule has 7 rings (SSSR count). The first kappa shape index (κ1) is 73.4. The molecule has 4 heterocycles. The van der Waals surface area contributed by atoms with Crippen LogP contribution in [0.15, 0.2) is 122 Å². The van der Waals surface area contributed by atoms with Crippen LogP contribution >= 0.6 is 23.5 Å². The highest BCUT2D eigenvalue weighted by Crippen LogP contribution is 2.36. The van der Waals surface area contributed by atoms with Crippen molar-refractivity contribution in [2.45, 2.75) is 112 Å². The van der Waals surface area contributed by atoms with Gasteiger partial charge in [0, 0.05) is 110 Å². The van der Waals surface area contributed by atoms with E-state index in [2.05, 4.69) is 41.9 Å². The van der Waals surface area contributed by atoms with Crippen LogP contribution in [0.5, 0.6) is 0 Å². The standard InChI is InChI=1S/C64H78N8O20S2/c1-37(73)71-51-47(75)33-63(61(85)86,91-55(51)53(79)49(77)35-69-59(83)43-15-11-39(12-16-43)45-9-3-5-23-65-45)89-27-7-29-93-31-25-67-57(81)41-19-21-42(22-20-41)58(82)68-26-32-94-30-8-28-90-64(62(87)88)34-48(76)52(72-38(2)74)56(92-64)54(80)50(78)36-70-60(84)44-17-13-40(14-18-44)46-10-4-6-24-66-46/h3-6,9-24,47-56,75-80H,7-8,25-36H2,1-2H3,(H,67,81)(H,68,82)(H,69,83)(H,70,84)(H,71,73)(H,72,74)(H,85,86)(H,87,88)/t47-,48-,49-,50+,51+,52+,53+,54+,55+,56+,63+,64+/m0/s1. The molecule has 0 aliphatic carbocycles. The Kier molecular flexibility index (Phi) is 27.7. The average Bonchev–Trinajstić information content (AvgIpc) is 0.791. The van der Waals surface area contributed by atoms with Gasteiger partial charge in [-0.3, -0.25) is 38.7 Å². The summed E-state index contributed by atoms with van der Waals surface area (Å²) in [6.07, 6.45) is -11.5. The van der Waals surface area contributed by atoms with Crippen LogP contribution in [0.25, 0.3) is 22.5 Å². The van der Waals surface area contributed by atoms with Crippen molar-refractivity contribution in [2.24, 2.45) is 0 Å². The first-order valence-corrected chi connectivity index (χ1v) is 32.5. The van der Waals surface area contributed by atoms with Gasteiger partial charge in [-0.25, -0.2) is 9.59 Å². The van der Waals surface area contributed by atoms with Crippen LogP contribution in [0.1, 0.15) is 81.0 Å². The highest BCUT2D eigenvalue weighted by Gasteiger charge is 2.57. The fraction of sp³-hybridized carbons (Fsp3) is 0.438. The first-order chi connectivity index (χ1) is 45.0. The normalized spacial score (nSPS) is 22.3. The first-order valence-electron chi connectivity index (χ1n) is 30.2. The Morgan fingerprint density at radius 1 is 0.511 bits per heavy atom. The van der Waals surface area contributed by atoms with Gasteiger partial charge in [-0.2, -0.15) is 23.5 Å². The maximum absolute atomic E-state index is 13.0. The van der Waals surface area contributed by atoms with E-state index < -0.39 is 146 Å². The van der Waals surface area contributed by atoms with Gasteiger partial charge < -0.3 is 91.7 Å². The number of carbonyl (C=O) groups is 8. The number of aliphatic carboxylic acids is 2. The fourth-order valence-electron chi connectivity index (χ4n) is 10.3. The number of ether oxygens (including phenoxy) is 4. The van der Waals surface area contributed by atoms with Crippen LogP contribution in [0, 0.1) is 0 Å². The lowest BCUT2D eigenvalue weighted by Gasteiger charge is -2.46. The molecule has 2 fully saturated rings. The van der Waals surface area contributed by atoms with E-state index in [9.17, 15) is 79.2 Å². The van der Waals surface area contributed by atoms with Crippen LogP contribution in [-0.2, 0) is 38.1 Å². The summed E-state index contributed by atoms with van der Waals surface area (Å²) in [6, 6.07) is 27.0. The summed E-state index contributed by atoms with van der Waals surface area (Å²) in [6.45, 7) is 1.37. The predicted molar refractivity (Wildman–Crippen MR) is 342 cm³/mol. The van der Waals surface area contributed by atoms with Gasteiger partial charge in [0.2, 0.25) is 11.8 Å². The Hall–Kier alpha value is -7.98. The van der Waals surface area contributed by atoms with Crippen LogP contribution < -0.4 is 31.9 Å². The van der Waals surface area contributed by atoms with Crippen molar-refractivity contribution in [3.63, 3.8) is 0 Å². The molecule has 0 unspecified atom stereocenters. The number of hydrogen-bond acceptors (Lipinski definition) is 22. The van der Waals surface area contributed by atoms with E-state index in [-0.39, 0.29) is 50.3 Å². The van der Waals surface area contributed by atoms with Crippen molar-refractivity contribution in [3.05, 3.63) is 144 Å². The van der Waals surface area contributed by atoms with Crippen LogP contribution in [0.3, 0.4) is 0 Å². The van der Waals surface area contributed by atoms with Gasteiger partial charge >= 0.3 is 11.9 Å². The number of aliphatic hydroxyl groups excluding tert-OH is 6. The third-order valence-corrected chi connectivity index (χ3v) is 17.3. The molecule has 2 saturated heterocycles. The molecule has 0 bridgehead atoms. The summed E-state index contributed by atoms with van der Waals surface area (Å²) >= 11 is 2.84. The van der Waals surface area contributed by atoms with Crippen molar-refractivity contribution < 1.29 is 98.2 Å². The average molecular weight is 1340 g/mol. The van der Waals surface area contributed by atoms with Gasteiger partial charge in [0.05, 0.1) is 61.1 Å². The van der Waals surface area contributed by atoms with Crippen LogP contribution in [-0.4, -0.2) is 233 Å². The van der Waals surface area contributed by atoms with Crippen LogP contribution in [0.2, 0.25) is 0 Å². The molecule has 2 aliphatic heterocycles. The monoisotopic (exact) mass is 1340 g/mol. The number of rotatable bonds is 34. The smallest absolute Gasteiger partial charge is 0.364 e. The van der Waals surface area contributed by atoms with E-state index in [1.54, 1.807) is 85.2 Å². The van der Waals surface area contributed by atoms with Crippen LogP contribution in [0.4, 0.5) is 0 Å². The molecule has 0 spiro atoms. The molecule has 94 heavy (non-hydrogen) atoms. The van der Waals surface area contributed by atoms with Gasteiger partial charge in [0.15, 0.2) is 0 Å². The number of carboxylic acid groups (broad SMARTS) is 2. The van der Waals surface area contributed by atoms with Gasteiger partial charge in [-0.05, 0) is 97.1 Å². The zero-order chi connectivity index (χ0) is 68.0. The second-order valence-electron chi connectivity index (χ2n) is 22.1. The number of aliphatic hydroxyl groups is 6. The second-order valence-corrected chi connectivity index (χ2v) is 24.6. The Morgan fingerprint density at radius 3 is 1.17 bits per heavy atom. The van der Waals surface area contributed by atoms with Gasteiger partial charge in [-0.15, -0.1) is 0 Å². The molecular weight excluding hydrogens is 1260 g/mol. The summed E-state index contributed by atoms with van der Waals surface area (Å²) in [4.78, 5) is 110. The number of amides is 6. The molecule has 14 N–H and O–H groups in total. The van der Waals surface area contributed by atoms with Crippen molar-refractivity contribution >= 4 is 70.9 Å². The molecule has 506 valence electrons. The Balaban J connectivity index is 0.773. The zero-order valence-corrected chi connectivity index (χ0v) is 53.0. The lowest BCUT2D eigenvalue weighted by atomic mass is 9.88. The van der Waals surface area contributed by atoms with Crippen molar-refractivity contribution in [2.75, 3.05) is 62.4 Å². The number of benzene rings is 3. The molecule has 3 aromatic carbocycles. The Morgan fingerprint density at radius 2 is 0.851 bits per heavy atom. The molecular formula is C64H78N8O20S2. The molecule has 6 amide bonds. The van der Waals surface area contributed by atoms with Gasteiger partial charge in [0.25, 0.3) is 35.2 Å². The second kappa shape index (κ2) is 35.5. The summed E-state index contributed by atoms with van der Waals surface area (Å²) in [5, 5.41) is 103. The quantitative estimate of drug-likeness (QED) is 0.0252. The predicted octanol–water partition coefficient (Wildman–Crippen LogP) is 0.724. The van der Waals surface area contributed by atoms with Gasteiger partial charge in [-0.1, -0.05) is 36.4 Å². The SMILES string of the molecule is CC(=O)N[C@H]1[C@H]([C@H](O)[C@H](O)CNC(=O)c2ccc(-c3ccccn3)cc2)O[C@@](OCCCSCCNC(=O)c2ccc(C(=O)NCCSCCCO[C@]3(C(=O)O)C[C@H](O)[C@@H](NC(C)=O)[C@H]([C@H](O)[C@@H](O)CNC(=O)c4ccc(-c5ccccn5)cc4)O3)cc2)(C(=O)O)C[C@@H]1O. The third-order valence-electron chi connectivity index (χ3n) is 15.2. The maximum atomic E-state index is 13.0. The topological polar surface area (TPSA) is 433 Å². The number of pyridine rings is 2. The number of carbonyl (C=O) groups excluding carboxylic acids is 6. The van der Waals surface area contributed by atoms with Crippen molar-refractivity contribution in [1.29, 1.82) is 0 Å². The molecule has 5 aromatic rings. The largest absolute Gasteiger partial charge is 0.477 e. The Labute approximate surface area is 549 Å². The zero-order valence-electron chi connectivity index (χ0n) is 51.4. The molecule has 12 atom stereocenters. The Bertz CT molecular complexity index is 3110. The minimum atomic E-state index is -2.50.